The number of aliphatic imine (C=N–C) groups is 1. The first-order valence-electron chi connectivity index (χ1n) is 5.91. The molecule has 0 aliphatic heterocycles. The highest BCUT2D eigenvalue weighted by Gasteiger charge is 1.99. The maximum Gasteiger partial charge on any atom is 0.120 e. The highest BCUT2D eigenvalue weighted by atomic mass is 16.5. The molecular formula is C14H24N2O. The molecule has 0 aliphatic rings. The van der Waals surface area contributed by atoms with E-state index in [-0.39, 0.29) is 0 Å². The topological polar surface area (TPSA) is 24.8 Å². The predicted molar refractivity (Wildman–Crippen MR) is 75.1 cm³/mol. The number of nitrogens with zero attached hydrogens (tertiary/aromatic N) is 2. The van der Waals surface area contributed by atoms with Crippen LogP contribution in [0.1, 0.15) is 27.2 Å². The Hall–Kier alpha value is -1.51. The van der Waals surface area contributed by atoms with Gasteiger partial charge in [-0.3, -0.25) is 0 Å². The maximum absolute atomic E-state index is 5.18. The molecule has 0 rings (SSSR count). The van der Waals surface area contributed by atoms with Gasteiger partial charge in [0, 0.05) is 19.7 Å². The van der Waals surface area contributed by atoms with Crippen LogP contribution in [0.5, 0.6) is 0 Å². The summed E-state index contributed by atoms with van der Waals surface area (Å²) in [6.07, 6.45) is 6.39. The van der Waals surface area contributed by atoms with Crippen LogP contribution in [0, 0.1) is 0 Å². The summed E-state index contributed by atoms with van der Waals surface area (Å²) in [7, 11) is 3.63. The molecule has 0 heterocycles. The third-order valence-corrected chi connectivity index (χ3v) is 2.58. The first kappa shape index (κ1) is 15.5. The van der Waals surface area contributed by atoms with Crippen LogP contribution in [0.15, 0.2) is 40.8 Å². The number of methoxy groups -OCH3 is 1. The van der Waals surface area contributed by atoms with E-state index in [0.29, 0.717) is 0 Å². The minimum atomic E-state index is 0.726. The minimum Gasteiger partial charge on any atom is -0.497 e. The van der Waals surface area contributed by atoms with Crippen molar-refractivity contribution in [2.75, 3.05) is 20.7 Å². The van der Waals surface area contributed by atoms with Crippen molar-refractivity contribution in [1.82, 2.24) is 4.90 Å². The van der Waals surface area contributed by atoms with Gasteiger partial charge < -0.3 is 9.64 Å². The van der Waals surface area contributed by atoms with Crippen LogP contribution in [0.25, 0.3) is 0 Å². The van der Waals surface area contributed by atoms with Crippen molar-refractivity contribution in [3.05, 3.63) is 35.8 Å². The van der Waals surface area contributed by atoms with Crippen LogP contribution < -0.4 is 0 Å². The van der Waals surface area contributed by atoms with Gasteiger partial charge in [-0.15, -0.1) is 0 Å². The van der Waals surface area contributed by atoms with Gasteiger partial charge in [-0.2, -0.15) is 0 Å². The SMILES string of the molecule is C=C/C(=C\C(N=CN(C)CC)=C(/C)CC)OC. The molecule has 0 bridgehead atoms. The maximum atomic E-state index is 5.18. The molecule has 3 heteroatoms. The zero-order valence-corrected chi connectivity index (χ0v) is 11.7. The largest absolute Gasteiger partial charge is 0.497 e. The lowest BCUT2D eigenvalue weighted by atomic mass is 10.1. The number of hydrogen-bond acceptors (Lipinski definition) is 2. The second kappa shape index (κ2) is 8.62. The van der Waals surface area contributed by atoms with Gasteiger partial charge >= 0.3 is 0 Å². The quantitative estimate of drug-likeness (QED) is 0.293. The Morgan fingerprint density at radius 2 is 2.06 bits per heavy atom. The molecule has 0 radical (unpaired) electrons. The summed E-state index contributed by atoms with van der Waals surface area (Å²) in [5, 5.41) is 0. The molecule has 0 saturated carbocycles. The fraction of sp³-hybridized carbons (Fsp3) is 0.500. The summed E-state index contributed by atoms with van der Waals surface area (Å²) in [5.74, 6) is 0.726. The molecule has 0 N–H and O–H groups in total. The van der Waals surface area contributed by atoms with E-state index < -0.39 is 0 Å². The van der Waals surface area contributed by atoms with Gasteiger partial charge in [0.15, 0.2) is 0 Å². The van der Waals surface area contributed by atoms with Gasteiger partial charge in [0.25, 0.3) is 0 Å². The molecule has 0 aromatic rings. The molecule has 0 saturated heterocycles. The summed E-state index contributed by atoms with van der Waals surface area (Å²) in [5.41, 5.74) is 2.16. The second-order valence-electron chi connectivity index (χ2n) is 3.79. The van der Waals surface area contributed by atoms with E-state index in [1.165, 1.54) is 5.57 Å². The molecule has 0 spiro atoms. The minimum absolute atomic E-state index is 0.726. The second-order valence-corrected chi connectivity index (χ2v) is 3.79. The third-order valence-electron chi connectivity index (χ3n) is 2.58. The third kappa shape index (κ3) is 5.95. The van der Waals surface area contributed by atoms with Crippen molar-refractivity contribution < 1.29 is 4.74 Å². The number of hydrogen-bond donors (Lipinski definition) is 0. The monoisotopic (exact) mass is 236 g/mol. The Labute approximate surface area is 105 Å². The van der Waals surface area contributed by atoms with E-state index >= 15 is 0 Å². The summed E-state index contributed by atoms with van der Waals surface area (Å²) < 4.78 is 5.18. The van der Waals surface area contributed by atoms with Crippen molar-refractivity contribution in [2.24, 2.45) is 4.99 Å². The van der Waals surface area contributed by atoms with E-state index in [1.807, 2.05) is 24.4 Å². The van der Waals surface area contributed by atoms with Gasteiger partial charge in [0.1, 0.15) is 5.76 Å². The first-order valence-corrected chi connectivity index (χ1v) is 5.91. The summed E-state index contributed by atoms with van der Waals surface area (Å²) in [4.78, 5) is 6.50. The number of ether oxygens (including phenoxy) is 1. The Kier molecular flexibility index (Phi) is 7.85. The van der Waals surface area contributed by atoms with E-state index in [2.05, 4.69) is 32.3 Å². The van der Waals surface area contributed by atoms with Gasteiger partial charge in [0.2, 0.25) is 0 Å². The van der Waals surface area contributed by atoms with Gasteiger partial charge in [0.05, 0.1) is 19.1 Å². The molecule has 0 aliphatic carbocycles. The lowest BCUT2D eigenvalue weighted by molar-refractivity contribution is 0.306. The summed E-state index contributed by atoms with van der Waals surface area (Å²) >= 11 is 0. The summed E-state index contributed by atoms with van der Waals surface area (Å²) in [6.45, 7) is 10.9. The normalized spacial score (nSPS) is 13.6. The van der Waals surface area contributed by atoms with Crippen LogP contribution >= 0.6 is 0 Å². The van der Waals surface area contributed by atoms with E-state index in [4.69, 9.17) is 4.74 Å². The first-order chi connectivity index (χ1) is 8.08. The molecule has 0 aromatic carbocycles. The molecule has 96 valence electrons. The zero-order chi connectivity index (χ0) is 13.3. The molecule has 0 atom stereocenters. The van der Waals surface area contributed by atoms with Crippen LogP contribution in [0.2, 0.25) is 0 Å². The van der Waals surface area contributed by atoms with Gasteiger partial charge in [-0.25, -0.2) is 4.99 Å². The molecule has 0 aromatic heterocycles. The van der Waals surface area contributed by atoms with E-state index in [9.17, 15) is 0 Å². The smallest absolute Gasteiger partial charge is 0.120 e. The lowest BCUT2D eigenvalue weighted by Gasteiger charge is -2.10. The van der Waals surface area contributed by atoms with Crippen LogP contribution in [0.3, 0.4) is 0 Å². The van der Waals surface area contributed by atoms with Crippen LogP contribution in [0.4, 0.5) is 0 Å². The zero-order valence-electron chi connectivity index (χ0n) is 11.7. The molecular weight excluding hydrogens is 212 g/mol. The average Bonchev–Trinajstić information content (AvgIpc) is 2.37. The highest BCUT2D eigenvalue weighted by Crippen LogP contribution is 2.13. The Bertz CT molecular complexity index is 327. The van der Waals surface area contributed by atoms with E-state index in [1.54, 1.807) is 13.2 Å². The van der Waals surface area contributed by atoms with Crippen molar-refractivity contribution in [2.45, 2.75) is 27.2 Å². The van der Waals surface area contributed by atoms with Crippen LogP contribution in [-0.4, -0.2) is 31.9 Å². The standard InChI is InChI=1S/C14H24N2O/c1-7-12(4)14(10-13(8-2)17-6)15-11-16(5)9-3/h8,10-11H,2,7,9H2,1,3-6H3/b13-10+,14-12-,15-11?. The van der Waals surface area contributed by atoms with E-state index in [0.717, 1.165) is 24.4 Å². The lowest BCUT2D eigenvalue weighted by Crippen LogP contribution is -2.14. The number of rotatable bonds is 7. The molecule has 0 amide bonds. The Morgan fingerprint density at radius 1 is 1.41 bits per heavy atom. The molecule has 3 nitrogen and oxygen atoms in total. The molecule has 0 fully saturated rings. The summed E-state index contributed by atoms with van der Waals surface area (Å²) in [6, 6.07) is 0. The fourth-order valence-electron chi connectivity index (χ4n) is 1.03. The molecule has 0 unspecified atom stereocenters. The fourth-order valence-corrected chi connectivity index (χ4v) is 1.03. The van der Waals surface area contributed by atoms with Crippen molar-refractivity contribution >= 4 is 6.34 Å². The van der Waals surface area contributed by atoms with Crippen molar-refractivity contribution in [1.29, 1.82) is 0 Å². The Balaban J connectivity index is 5.11. The average molecular weight is 236 g/mol. The molecule has 17 heavy (non-hydrogen) atoms. The van der Waals surface area contributed by atoms with Gasteiger partial charge in [-0.05, 0) is 31.9 Å². The number of allylic oxidation sites excluding steroid dienone is 3. The van der Waals surface area contributed by atoms with Crippen molar-refractivity contribution in [3.63, 3.8) is 0 Å². The van der Waals surface area contributed by atoms with Gasteiger partial charge in [-0.1, -0.05) is 13.5 Å². The Morgan fingerprint density at radius 3 is 2.47 bits per heavy atom. The van der Waals surface area contributed by atoms with Crippen molar-refractivity contribution in [3.8, 4) is 0 Å². The predicted octanol–water partition coefficient (Wildman–Crippen LogP) is 3.37. The van der Waals surface area contributed by atoms with Crippen LogP contribution in [-0.2, 0) is 4.74 Å². The highest BCUT2D eigenvalue weighted by molar-refractivity contribution is 5.57.